The molecule has 0 bridgehead atoms. The molecule has 0 spiro atoms. The molecule has 2 N–H and O–H groups in total. The lowest BCUT2D eigenvalue weighted by Crippen LogP contribution is -2.19. The van der Waals surface area contributed by atoms with Gasteiger partial charge in [-0.25, -0.2) is 0 Å². The summed E-state index contributed by atoms with van der Waals surface area (Å²) in [5.41, 5.74) is 0.877. The molecule has 0 amide bonds. The van der Waals surface area contributed by atoms with Crippen molar-refractivity contribution in [2.24, 2.45) is 0 Å². The molecule has 0 aromatic heterocycles. The summed E-state index contributed by atoms with van der Waals surface area (Å²) in [7, 11) is 0. The highest BCUT2D eigenvalue weighted by molar-refractivity contribution is 5.02. The molecule has 0 unspecified atom stereocenters. The van der Waals surface area contributed by atoms with Crippen LogP contribution in [-0.2, 0) is 0 Å². The van der Waals surface area contributed by atoms with Crippen molar-refractivity contribution in [3.8, 4) is 0 Å². The smallest absolute Gasteiger partial charge is 0.0994 e. The zero-order chi connectivity index (χ0) is 7.98. The maximum Gasteiger partial charge on any atom is 0.0994 e. The number of allylic oxidation sites excluding steroid dienone is 2. The first-order chi connectivity index (χ1) is 4.66. The molecule has 10 heavy (non-hydrogen) atoms. The topological polar surface area (TPSA) is 24.1 Å². The van der Waals surface area contributed by atoms with Gasteiger partial charge in [0.05, 0.1) is 5.82 Å². The van der Waals surface area contributed by atoms with E-state index in [4.69, 9.17) is 0 Å². The standard InChI is InChI=1S/C8H14N2/c1-5-6-9-8(4)10-7(2)3/h5-6,9-10H,2,4H2,1,3H3/b6-5+. The summed E-state index contributed by atoms with van der Waals surface area (Å²) in [6.07, 6.45) is 3.70. The van der Waals surface area contributed by atoms with Gasteiger partial charge in [0.15, 0.2) is 0 Å². The quantitative estimate of drug-likeness (QED) is 0.618. The lowest BCUT2D eigenvalue weighted by molar-refractivity contribution is 0.873. The van der Waals surface area contributed by atoms with E-state index < -0.39 is 0 Å². The first kappa shape index (κ1) is 8.82. The lowest BCUT2D eigenvalue weighted by Gasteiger charge is -2.06. The summed E-state index contributed by atoms with van der Waals surface area (Å²) in [5, 5.41) is 5.84. The highest BCUT2D eigenvalue weighted by atomic mass is 15.1. The first-order valence-corrected chi connectivity index (χ1v) is 3.16. The van der Waals surface area contributed by atoms with E-state index in [9.17, 15) is 0 Å². The van der Waals surface area contributed by atoms with Crippen molar-refractivity contribution >= 4 is 0 Å². The molecule has 0 atom stereocenters. The molecular weight excluding hydrogens is 124 g/mol. The SMILES string of the molecule is C=C(C)NC(=C)N/C=C/C. The first-order valence-electron chi connectivity index (χ1n) is 3.16. The largest absolute Gasteiger partial charge is 0.349 e. The van der Waals surface area contributed by atoms with Gasteiger partial charge in [0.2, 0.25) is 0 Å². The Kier molecular flexibility index (Phi) is 4.12. The normalized spacial score (nSPS) is 9.40. The van der Waals surface area contributed by atoms with Crippen LogP contribution in [0.2, 0.25) is 0 Å². The molecule has 0 aliphatic carbocycles. The van der Waals surface area contributed by atoms with Gasteiger partial charge in [0.25, 0.3) is 0 Å². The summed E-state index contributed by atoms with van der Waals surface area (Å²) < 4.78 is 0. The fraction of sp³-hybridized carbons (Fsp3) is 0.250. The Morgan fingerprint density at radius 1 is 1.40 bits per heavy atom. The van der Waals surface area contributed by atoms with Crippen LogP contribution in [0.5, 0.6) is 0 Å². The van der Waals surface area contributed by atoms with Crippen LogP contribution in [0.4, 0.5) is 0 Å². The van der Waals surface area contributed by atoms with E-state index in [1.807, 2.05) is 19.9 Å². The van der Waals surface area contributed by atoms with Crippen molar-refractivity contribution in [1.29, 1.82) is 0 Å². The Hall–Kier alpha value is -1.18. The third-order valence-electron chi connectivity index (χ3n) is 0.789. The summed E-state index contributed by atoms with van der Waals surface area (Å²) in [6, 6.07) is 0. The molecule has 0 aliphatic heterocycles. The Morgan fingerprint density at radius 3 is 2.40 bits per heavy atom. The maximum absolute atomic E-state index is 3.70. The second-order valence-corrected chi connectivity index (χ2v) is 2.03. The fourth-order valence-electron chi connectivity index (χ4n) is 0.478. The van der Waals surface area contributed by atoms with E-state index in [0.717, 1.165) is 11.5 Å². The second-order valence-electron chi connectivity index (χ2n) is 2.03. The minimum absolute atomic E-state index is 0.741. The van der Waals surface area contributed by atoms with Crippen LogP contribution < -0.4 is 10.6 Å². The molecule has 0 radical (unpaired) electrons. The summed E-state index contributed by atoms with van der Waals surface area (Å²) >= 11 is 0. The van der Waals surface area contributed by atoms with Gasteiger partial charge in [-0.2, -0.15) is 0 Å². The molecule has 0 fully saturated rings. The van der Waals surface area contributed by atoms with Crippen molar-refractivity contribution in [1.82, 2.24) is 10.6 Å². The van der Waals surface area contributed by atoms with Crippen molar-refractivity contribution in [2.45, 2.75) is 13.8 Å². The van der Waals surface area contributed by atoms with Crippen LogP contribution in [0, 0.1) is 0 Å². The molecule has 0 heterocycles. The molecule has 0 saturated heterocycles. The van der Waals surface area contributed by atoms with Gasteiger partial charge in [0, 0.05) is 5.70 Å². The molecule has 2 nitrogen and oxygen atoms in total. The van der Waals surface area contributed by atoms with E-state index >= 15 is 0 Å². The average Bonchev–Trinajstić information content (AvgIpc) is 1.82. The second kappa shape index (κ2) is 4.68. The maximum atomic E-state index is 3.70. The zero-order valence-corrected chi connectivity index (χ0v) is 6.57. The lowest BCUT2D eigenvalue weighted by atomic mass is 10.5. The van der Waals surface area contributed by atoms with Crippen molar-refractivity contribution < 1.29 is 0 Å². The highest BCUT2D eigenvalue weighted by Gasteiger charge is 1.85. The Balaban J connectivity index is 3.54. The molecule has 0 aromatic carbocycles. The van der Waals surface area contributed by atoms with E-state index in [1.165, 1.54) is 0 Å². The van der Waals surface area contributed by atoms with Crippen LogP contribution in [0.1, 0.15) is 13.8 Å². The molecule has 0 aromatic rings. The van der Waals surface area contributed by atoms with Crippen molar-refractivity contribution in [3.05, 3.63) is 37.0 Å². The van der Waals surface area contributed by atoms with Crippen LogP contribution in [0.15, 0.2) is 37.0 Å². The Labute approximate surface area is 62.3 Å². The van der Waals surface area contributed by atoms with Gasteiger partial charge in [-0.1, -0.05) is 19.2 Å². The molecule has 0 aliphatic rings. The minimum Gasteiger partial charge on any atom is -0.349 e. The number of rotatable bonds is 4. The Bertz CT molecular complexity index is 157. The third-order valence-corrected chi connectivity index (χ3v) is 0.789. The van der Waals surface area contributed by atoms with Crippen LogP contribution >= 0.6 is 0 Å². The van der Waals surface area contributed by atoms with Gasteiger partial charge in [0.1, 0.15) is 0 Å². The molecule has 0 rings (SSSR count). The molecular formula is C8H14N2. The Morgan fingerprint density at radius 2 is 2.00 bits per heavy atom. The molecule has 0 saturated carbocycles. The van der Waals surface area contributed by atoms with E-state index in [0.29, 0.717) is 0 Å². The number of hydrogen-bond acceptors (Lipinski definition) is 2. The zero-order valence-electron chi connectivity index (χ0n) is 6.57. The van der Waals surface area contributed by atoms with Crippen LogP contribution in [-0.4, -0.2) is 0 Å². The van der Waals surface area contributed by atoms with Crippen molar-refractivity contribution in [2.75, 3.05) is 0 Å². The number of hydrogen-bond donors (Lipinski definition) is 2. The monoisotopic (exact) mass is 138 g/mol. The summed E-state index contributed by atoms with van der Waals surface area (Å²) in [6.45, 7) is 11.2. The van der Waals surface area contributed by atoms with Gasteiger partial charge < -0.3 is 10.6 Å². The predicted octanol–water partition coefficient (Wildman–Crippen LogP) is 1.70. The third kappa shape index (κ3) is 4.97. The summed E-state index contributed by atoms with van der Waals surface area (Å²) in [5.74, 6) is 0.741. The molecule has 2 heteroatoms. The summed E-state index contributed by atoms with van der Waals surface area (Å²) in [4.78, 5) is 0. The van der Waals surface area contributed by atoms with E-state index in [2.05, 4.69) is 23.8 Å². The average molecular weight is 138 g/mol. The van der Waals surface area contributed by atoms with E-state index in [-0.39, 0.29) is 0 Å². The highest BCUT2D eigenvalue weighted by Crippen LogP contribution is 1.83. The van der Waals surface area contributed by atoms with E-state index in [1.54, 1.807) is 6.20 Å². The van der Waals surface area contributed by atoms with Crippen LogP contribution in [0.3, 0.4) is 0 Å². The van der Waals surface area contributed by atoms with Gasteiger partial charge in [-0.05, 0) is 20.0 Å². The van der Waals surface area contributed by atoms with Gasteiger partial charge >= 0.3 is 0 Å². The predicted molar refractivity (Wildman–Crippen MR) is 45.0 cm³/mol. The number of nitrogens with one attached hydrogen (secondary N) is 2. The molecule has 56 valence electrons. The van der Waals surface area contributed by atoms with Crippen molar-refractivity contribution in [3.63, 3.8) is 0 Å². The van der Waals surface area contributed by atoms with Crippen LogP contribution in [0.25, 0.3) is 0 Å². The minimum atomic E-state index is 0.741. The van der Waals surface area contributed by atoms with Gasteiger partial charge in [-0.3, -0.25) is 0 Å². The van der Waals surface area contributed by atoms with Gasteiger partial charge in [-0.15, -0.1) is 0 Å². The fourth-order valence-corrected chi connectivity index (χ4v) is 0.478.